The molecule has 1 aromatic rings. The average molecular weight is 280 g/mol. The van der Waals surface area contributed by atoms with Crippen molar-refractivity contribution in [1.29, 1.82) is 0 Å². The minimum Gasteiger partial charge on any atom is -0.370 e. The lowest BCUT2D eigenvalue weighted by Crippen LogP contribution is -2.35. The molecule has 1 atom stereocenters. The summed E-state index contributed by atoms with van der Waals surface area (Å²) >= 11 is 1.61. The van der Waals surface area contributed by atoms with E-state index < -0.39 is 0 Å². The number of hydrogen-bond acceptors (Lipinski definition) is 5. The van der Waals surface area contributed by atoms with Crippen molar-refractivity contribution in [2.75, 3.05) is 36.1 Å². The topological polar surface area (TPSA) is 41.0 Å². The Hall–Kier alpha value is -0.970. The molecule has 1 aliphatic heterocycles. The first-order valence-electron chi connectivity index (χ1n) is 7.14. The molecular weight excluding hydrogens is 256 g/mol. The third-order valence-corrected chi connectivity index (χ3v) is 3.96. The maximum absolute atomic E-state index is 4.66. The zero-order valence-electron chi connectivity index (χ0n) is 12.1. The van der Waals surface area contributed by atoms with Crippen LogP contribution in [0.5, 0.6) is 0 Å². The quantitative estimate of drug-likeness (QED) is 0.662. The Morgan fingerprint density at radius 1 is 1.47 bits per heavy atom. The summed E-state index contributed by atoms with van der Waals surface area (Å²) in [5.74, 6) is 2.78. The minimum absolute atomic E-state index is 0.758. The Kier molecular flexibility index (Phi) is 5.31. The minimum atomic E-state index is 0.758. The van der Waals surface area contributed by atoms with Crippen molar-refractivity contribution in [3.8, 4) is 0 Å². The van der Waals surface area contributed by atoms with Crippen LogP contribution in [-0.2, 0) is 0 Å². The first kappa shape index (κ1) is 14.4. The standard InChI is InChI=1S/C14H24N4S/c1-4-7-15-12-9-13(17-14(16-12)19-3)18-8-5-6-11(2)10-18/h9,11H,4-8,10H2,1-3H3,(H,15,16,17). The fourth-order valence-corrected chi connectivity index (χ4v) is 2.78. The number of nitrogens with zero attached hydrogens (tertiary/aromatic N) is 3. The molecule has 19 heavy (non-hydrogen) atoms. The molecule has 0 aromatic carbocycles. The highest BCUT2D eigenvalue weighted by molar-refractivity contribution is 7.98. The first-order valence-corrected chi connectivity index (χ1v) is 8.37. The summed E-state index contributed by atoms with van der Waals surface area (Å²) in [6, 6.07) is 2.09. The van der Waals surface area contributed by atoms with Crippen LogP contribution < -0.4 is 10.2 Å². The van der Waals surface area contributed by atoms with Gasteiger partial charge in [0.05, 0.1) is 0 Å². The van der Waals surface area contributed by atoms with Crippen molar-refractivity contribution in [3.63, 3.8) is 0 Å². The van der Waals surface area contributed by atoms with Crippen LogP contribution in [0.4, 0.5) is 11.6 Å². The van der Waals surface area contributed by atoms with E-state index in [4.69, 9.17) is 0 Å². The summed E-state index contributed by atoms with van der Waals surface area (Å²) in [7, 11) is 0. The van der Waals surface area contributed by atoms with E-state index in [1.54, 1.807) is 11.8 Å². The van der Waals surface area contributed by atoms with Crippen LogP contribution in [0.1, 0.15) is 33.1 Å². The van der Waals surface area contributed by atoms with Crippen molar-refractivity contribution >= 4 is 23.4 Å². The second-order valence-electron chi connectivity index (χ2n) is 5.22. The van der Waals surface area contributed by atoms with Crippen molar-refractivity contribution in [2.45, 2.75) is 38.3 Å². The van der Waals surface area contributed by atoms with Crippen molar-refractivity contribution in [2.24, 2.45) is 5.92 Å². The molecule has 2 rings (SSSR count). The number of nitrogens with one attached hydrogen (secondary N) is 1. The molecule has 1 saturated heterocycles. The van der Waals surface area contributed by atoms with E-state index in [9.17, 15) is 0 Å². The highest BCUT2D eigenvalue weighted by Gasteiger charge is 2.18. The van der Waals surface area contributed by atoms with E-state index in [1.807, 2.05) is 6.26 Å². The largest absolute Gasteiger partial charge is 0.370 e. The van der Waals surface area contributed by atoms with E-state index in [-0.39, 0.29) is 0 Å². The van der Waals surface area contributed by atoms with Gasteiger partial charge in [-0.2, -0.15) is 0 Å². The van der Waals surface area contributed by atoms with E-state index in [0.29, 0.717) is 0 Å². The predicted octanol–water partition coefficient (Wildman–Crippen LogP) is 3.26. The number of anilines is 2. The molecule has 1 aliphatic rings. The normalized spacial score (nSPS) is 19.5. The molecule has 0 radical (unpaired) electrons. The molecule has 1 fully saturated rings. The van der Waals surface area contributed by atoms with Gasteiger partial charge in [-0.25, -0.2) is 9.97 Å². The molecule has 106 valence electrons. The molecule has 5 heteroatoms. The molecule has 0 amide bonds. The number of hydrogen-bond donors (Lipinski definition) is 1. The van der Waals surface area contributed by atoms with Gasteiger partial charge in [-0.1, -0.05) is 25.6 Å². The maximum Gasteiger partial charge on any atom is 0.191 e. The van der Waals surface area contributed by atoms with Crippen molar-refractivity contribution < 1.29 is 0 Å². The number of aromatic nitrogens is 2. The summed E-state index contributed by atoms with van der Waals surface area (Å²) < 4.78 is 0. The summed E-state index contributed by atoms with van der Waals surface area (Å²) in [5, 5.41) is 4.22. The van der Waals surface area contributed by atoms with Gasteiger partial charge in [-0.05, 0) is 31.4 Å². The monoisotopic (exact) mass is 280 g/mol. The van der Waals surface area contributed by atoms with Gasteiger partial charge in [-0.15, -0.1) is 0 Å². The van der Waals surface area contributed by atoms with Crippen LogP contribution >= 0.6 is 11.8 Å². The SMILES string of the molecule is CCCNc1cc(N2CCCC(C)C2)nc(SC)n1. The fourth-order valence-electron chi connectivity index (χ4n) is 2.41. The molecular formula is C14H24N4S. The predicted molar refractivity (Wildman–Crippen MR) is 83.2 cm³/mol. The fraction of sp³-hybridized carbons (Fsp3) is 0.714. The van der Waals surface area contributed by atoms with Crippen molar-refractivity contribution in [1.82, 2.24) is 9.97 Å². The van der Waals surface area contributed by atoms with Crippen LogP contribution in [0.25, 0.3) is 0 Å². The van der Waals surface area contributed by atoms with E-state index in [1.165, 1.54) is 12.8 Å². The summed E-state index contributed by atoms with van der Waals surface area (Å²) in [4.78, 5) is 11.6. The first-order chi connectivity index (χ1) is 9.22. The lowest BCUT2D eigenvalue weighted by Gasteiger charge is -2.32. The van der Waals surface area contributed by atoms with Crippen LogP contribution in [0.3, 0.4) is 0 Å². The van der Waals surface area contributed by atoms with Crippen LogP contribution in [-0.4, -0.2) is 35.9 Å². The Morgan fingerprint density at radius 3 is 3.00 bits per heavy atom. The average Bonchev–Trinajstić information content (AvgIpc) is 2.44. The Balaban J connectivity index is 2.17. The molecule has 1 aromatic heterocycles. The molecule has 1 N–H and O–H groups in total. The molecule has 0 bridgehead atoms. The maximum atomic E-state index is 4.66. The number of rotatable bonds is 5. The van der Waals surface area contributed by atoms with Gasteiger partial charge < -0.3 is 10.2 Å². The lowest BCUT2D eigenvalue weighted by molar-refractivity contribution is 0.444. The van der Waals surface area contributed by atoms with Gasteiger partial charge in [0.2, 0.25) is 0 Å². The van der Waals surface area contributed by atoms with Gasteiger partial charge in [0, 0.05) is 25.7 Å². The summed E-state index contributed by atoms with van der Waals surface area (Å²) in [5.41, 5.74) is 0. The third-order valence-electron chi connectivity index (χ3n) is 3.41. The van der Waals surface area contributed by atoms with Crippen molar-refractivity contribution in [3.05, 3.63) is 6.07 Å². The van der Waals surface area contributed by atoms with E-state index in [2.05, 4.69) is 40.1 Å². The van der Waals surface area contributed by atoms with Gasteiger partial charge in [0.15, 0.2) is 5.16 Å². The van der Waals surface area contributed by atoms with Gasteiger partial charge >= 0.3 is 0 Å². The summed E-state index contributed by atoms with van der Waals surface area (Å²) in [6.07, 6.45) is 5.73. The highest BCUT2D eigenvalue weighted by atomic mass is 32.2. The second-order valence-corrected chi connectivity index (χ2v) is 5.99. The number of piperidine rings is 1. The molecule has 4 nitrogen and oxygen atoms in total. The van der Waals surface area contributed by atoms with E-state index in [0.717, 1.165) is 48.8 Å². The molecule has 0 spiro atoms. The Labute approximate surface area is 120 Å². The zero-order valence-corrected chi connectivity index (χ0v) is 13.0. The lowest BCUT2D eigenvalue weighted by atomic mass is 10.0. The van der Waals surface area contributed by atoms with Crippen LogP contribution in [0, 0.1) is 5.92 Å². The smallest absolute Gasteiger partial charge is 0.191 e. The second kappa shape index (κ2) is 6.98. The molecule has 0 aliphatic carbocycles. The van der Waals surface area contributed by atoms with E-state index >= 15 is 0 Å². The van der Waals surface area contributed by atoms with Crippen LogP contribution in [0.2, 0.25) is 0 Å². The van der Waals surface area contributed by atoms with Gasteiger partial charge in [0.25, 0.3) is 0 Å². The van der Waals surface area contributed by atoms with Gasteiger partial charge in [0.1, 0.15) is 11.6 Å². The molecule has 0 saturated carbocycles. The molecule has 2 heterocycles. The zero-order chi connectivity index (χ0) is 13.7. The molecule has 1 unspecified atom stereocenters. The van der Waals surface area contributed by atoms with Gasteiger partial charge in [-0.3, -0.25) is 0 Å². The highest BCUT2D eigenvalue weighted by Crippen LogP contribution is 2.25. The van der Waals surface area contributed by atoms with Crippen LogP contribution in [0.15, 0.2) is 11.2 Å². The number of thioether (sulfide) groups is 1. The third kappa shape index (κ3) is 4.00. The Morgan fingerprint density at radius 2 is 2.32 bits per heavy atom. The Bertz CT molecular complexity index is 410. The summed E-state index contributed by atoms with van der Waals surface area (Å²) in [6.45, 7) is 7.66.